The number of nitrogens with one attached hydrogen (secondary N) is 1. The molecule has 0 unspecified atom stereocenters. The summed E-state index contributed by atoms with van der Waals surface area (Å²) < 4.78 is 0. The van der Waals surface area contributed by atoms with Crippen molar-refractivity contribution in [3.8, 4) is 0 Å². The van der Waals surface area contributed by atoms with Crippen LogP contribution in [0.4, 0.5) is 5.69 Å². The van der Waals surface area contributed by atoms with Crippen molar-refractivity contribution in [3.63, 3.8) is 0 Å². The fraction of sp³-hybridized carbons (Fsp3) is 0.250. The lowest BCUT2D eigenvalue weighted by atomic mass is 10.1. The summed E-state index contributed by atoms with van der Waals surface area (Å²) in [4.78, 5) is 11.7. The summed E-state index contributed by atoms with van der Waals surface area (Å²) in [6.07, 6.45) is 0. The quantitative estimate of drug-likeness (QED) is 0.583. The van der Waals surface area contributed by atoms with Gasteiger partial charge in [-0.3, -0.25) is 4.79 Å². The zero-order valence-corrected chi connectivity index (χ0v) is 9.13. The topological polar surface area (TPSA) is 55.1 Å². The first kappa shape index (κ1) is 11.3. The van der Waals surface area contributed by atoms with Gasteiger partial charge in [-0.05, 0) is 26.0 Å². The molecule has 0 aromatic heterocycles. The Morgan fingerprint density at radius 2 is 2.20 bits per heavy atom. The summed E-state index contributed by atoms with van der Waals surface area (Å²) in [6, 6.07) is 5.40. The summed E-state index contributed by atoms with van der Waals surface area (Å²) in [5, 5.41) is 2.75. The molecule has 3 heteroatoms. The van der Waals surface area contributed by atoms with Crippen molar-refractivity contribution < 1.29 is 4.79 Å². The average molecular weight is 204 g/mol. The maximum absolute atomic E-state index is 11.7. The maximum atomic E-state index is 11.7. The monoisotopic (exact) mass is 204 g/mol. The highest BCUT2D eigenvalue weighted by Gasteiger charge is 2.08. The molecule has 1 aromatic carbocycles. The highest BCUT2D eigenvalue weighted by atomic mass is 16.1. The number of aryl methyl sites for hydroxylation is 1. The van der Waals surface area contributed by atoms with E-state index in [0.29, 0.717) is 17.8 Å². The van der Waals surface area contributed by atoms with E-state index in [1.165, 1.54) is 0 Å². The number of hydrogen-bond donors (Lipinski definition) is 2. The van der Waals surface area contributed by atoms with Crippen molar-refractivity contribution in [1.29, 1.82) is 0 Å². The number of benzene rings is 1. The van der Waals surface area contributed by atoms with Gasteiger partial charge in [0.25, 0.3) is 5.91 Å². The number of rotatable bonds is 3. The number of amides is 1. The van der Waals surface area contributed by atoms with E-state index in [2.05, 4.69) is 11.9 Å². The lowest BCUT2D eigenvalue weighted by Gasteiger charge is -2.07. The van der Waals surface area contributed by atoms with Crippen LogP contribution in [-0.2, 0) is 0 Å². The Morgan fingerprint density at radius 1 is 1.53 bits per heavy atom. The fourth-order valence-corrected chi connectivity index (χ4v) is 1.19. The van der Waals surface area contributed by atoms with Crippen molar-refractivity contribution in [3.05, 3.63) is 41.5 Å². The lowest BCUT2D eigenvalue weighted by Crippen LogP contribution is -2.25. The van der Waals surface area contributed by atoms with Gasteiger partial charge in [0.05, 0.1) is 5.56 Å². The van der Waals surface area contributed by atoms with E-state index in [1.807, 2.05) is 19.9 Å². The second kappa shape index (κ2) is 4.64. The summed E-state index contributed by atoms with van der Waals surface area (Å²) in [5.74, 6) is -0.154. The molecule has 0 saturated carbocycles. The normalized spacial score (nSPS) is 9.73. The molecule has 0 bridgehead atoms. The van der Waals surface area contributed by atoms with Crippen molar-refractivity contribution in [1.82, 2.24) is 5.32 Å². The Labute approximate surface area is 90.0 Å². The van der Waals surface area contributed by atoms with Crippen molar-refractivity contribution in [2.75, 3.05) is 12.3 Å². The summed E-state index contributed by atoms with van der Waals surface area (Å²) in [5.41, 5.74) is 8.67. The molecule has 1 amide bonds. The summed E-state index contributed by atoms with van der Waals surface area (Å²) in [6.45, 7) is 7.98. The van der Waals surface area contributed by atoms with Crippen LogP contribution in [0.3, 0.4) is 0 Å². The highest BCUT2D eigenvalue weighted by Crippen LogP contribution is 2.13. The summed E-state index contributed by atoms with van der Waals surface area (Å²) >= 11 is 0. The van der Waals surface area contributed by atoms with E-state index in [1.54, 1.807) is 12.1 Å². The molecule has 80 valence electrons. The second-order valence-electron chi connectivity index (χ2n) is 3.73. The lowest BCUT2D eigenvalue weighted by molar-refractivity contribution is 0.0958. The molecule has 0 aliphatic heterocycles. The standard InChI is InChI=1S/C12H16N2O/c1-8(2)7-14-12(15)10-6-9(3)4-5-11(10)13/h4-6H,1,7,13H2,2-3H3,(H,14,15). The first-order valence-corrected chi connectivity index (χ1v) is 4.79. The molecule has 1 aromatic rings. The van der Waals surface area contributed by atoms with Crippen molar-refractivity contribution in [2.45, 2.75) is 13.8 Å². The predicted molar refractivity (Wildman–Crippen MR) is 62.7 cm³/mol. The van der Waals surface area contributed by atoms with Crippen LogP contribution in [0.5, 0.6) is 0 Å². The molecule has 3 nitrogen and oxygen atoms in total. The van der Waals surface area contributed by atoms with Gasteiger partial charge in [0, 0.05) is 12.2 Å². The Balaban J connectivity index is 2.81. The Morgan fingerprint density at radius 3 is 2.80 bits per heavy atom. The van der Waals surface area contributed by atoms with E-state index in [-0.39, 0.29) is 5.91 Å². The number of carbonyl (C=O) groups excluding carboxylic acids is 1. The third-order valence-electron chi connectivity index (χ3n) is 2.00. The van der Waals surface area contributed by atoms with Crippen LogP contribution in [0.15, 0.2) is 30.4 Å². The first-order valence-electron chi connectivity index (χ1n) is 4.79. The molecule has 0 aliphatic carbocycles. The number of carbonyl (C=O) groups is 1. The van der Waals surface area contributed by atoms with Crippen LogP contribution in [-0.4, -0.2) is 12.5 Å². The minimum Gasteiger partial charge on any atom is -0.398 e. The second-order valence-corrected chi connectivity index (χ2v) is 3.73. The molecule has 3 N–H and O–H groups in total. The van der Waals surface area contributed by atoms with E-state index < -0.39 is 0 Å². The van der Waals surface area contributed by atoms with Gasteiger partial charge in [0.15, 0.2) is 0 Å². The third-order valence-corrected chi connectivity index (χ3v) is 2.00. The molecule has 0 saturated heterocycles. The molecule has 0 aliphatic rings. The SMILES string of the molecule is C=C(C)CNC(=O)c1cc(C)ccc1N. The van der Waals surface area contributed by atoms with Crippen molar-refractivity contribution in [2.24, 2.45) is 0 Å². The molecular weight excluding hydrogens is 188 g/mol. The molecule has 0 spiro atoms. The van der Waals surface area contributed by atoms with E-state index >= 15 is 0 Å². The van der Waals surface area contributed by atoms with Crippen molar-refractivity contribution >= 4 is 11.6 Å². The average Bonchev–Trinajstić information content (AvgIpc) is 2.18. The van der Waals surface area contributed by atoms with Gasteiger partial charge < -0.3 is 11.1 Å². The molecule has 0 atom stereocenters. The van der Waals surface area contributed by atoms with E-state index in [4.69, 9.17) is 5.73 Å². The largest absolute Gasteiger partial charge is 0.398 e. The number of hydrogen-bond acceptors (Lipinski definition) is 2. The molecule has 0 fully saturated rings. The van der Waals surface area contributed by atoms with E-state index in [0.717, 1.165) is 11.1 Å². The van der Waals surface area contributed by atoms with Crippen LogP contribution in [0.2, 0.25) is 0 Å². The molecule has 0 radical (unpaired) electrons. The highest BCUT2D eigenvalue weighted by molar-refractivity contribution is 5.99. The minimum atomic E-state index is -0.154. The maximum Gasteiger partial charge on any atom is 0.253 e. The summed E-state index contributed by atoms with van der Waals surface area (Å²) in [7, 11) is 0. The molecule has 0 heterocycles. The molecule has 1 rings (SSSR count). The van der Waals surface area contributed by atoms with Gasteiger partial charge in [-0.2, -0.15) is 0 Å². The van der Waals surface area contributed by atoms with Gasteiger partial charge >= 0.3 is 0 Å². The fourth-order valence-electron chi connectivity index (χ4n) is 1.19. The van der Waals surface area contributed by atoms with Crippen LogP contribution in [0.25, 0.3) is 0 Å². The smallest absolute Gasteiger partial charge is 0.253 e. The van der Waals surface area contributed by atoms with Crippen LogP contribution in [0.1, 0.15) is 22.8 Å². The predicted octanol–water partition coefficient (Wildman–Crippen LogP) is 1.88. The first-order chi connectivity index (χ1) is 7.00. The molecule has 15 heavy (non-hydrogen) atoms. The van der Waals surface area contributed by atoms with Gasteiger partial charge in [-0.15, -0.1) is 0 Å². The van der Waals surface area contributed by atoms with Crippen LogP contribution in [0, 0.1) is 6.92 Å². The van der Waals surface area contributed by atoms with E-state index in [9.17, 15) is 4.79 Å². The number of anilines is 1. The number of nitrogen functional groups attached to an aromatic ring is 1. The third kappa shape index (κ3) is 3.13. The Kier molecular flexibility index (Phi) is 3.50. The molecular formula is C12H16N2O. The van der Waals surface area contributed by atoms with Crippen LogP contribution >= 0.6 is 0 Å². The van der Waals surface area contributed by atoms with Gasteiger partial charge in [0.1, 0.15) is 0 Å². The van der Waals surface area contributed by atoms with Gasteiger partial charge in [0.2, 0.25) is 0 Å². The zero-order valence-electron chi connectivity index (χ0n) is 9.13. The van der Waals surface area contributed by atoms with Crippen LogP contribution < -0.4 is 11.1 Å². The zero-order chi connectivity index (χ0) is 11.4. The Bertz CT molecular complexity index is 397. The minimum absolute atomic E-state index is 0.154. The van der Waals surface area contributed by atoms with Gasteiger partial charge in [-0.1, -0.05) is 23.8 Å². The Hall–Kier alpha value is -1.77. The number of nitrogens with two attached hydrogens (primary N) is 1. The van der Waals surface area contributed by atoms with Gasteiger partial charge in [-0.25, -0.2) is 0 Å².